The maximum atomic E-state index is 6.33. The van der Waals surface area contributed by atoms with Crippen LogP contribution in [-0.2, 0) is 17.6 Å². The zero-order chi connectivity index (χ0) is 17.2. The normalized spacial score (nSPS) is 19.7. The van der Waals surface area contributed by atoms with Crippen molar-refractivity contribution in [2.75, 3.05) is 31.2 Å². The molecule has 5 nitrogen and oxygen atoms in total. The molecule has 4 heterocycles. The van der Waals surface area contributed by atoms with Gasteiger partial charge in [-0.1, -0.05) is 25.4 Å². The molecular formula is C18H19ClN4OS. The standard InChI is InChI=1S/C18H19ClN4OS/c1-18(2)7-10-11(8-18)16(23-3-5-24-6-4-23)22-17-12(10)13-14(25-17)15(19)21-9-20-13/h9H,3-8H2,1-2H3. The van der Waals surface area contributed by atoms with E-state index in [1.807, 2.05) is 0 Å². The number of thiophene rings is 1. The summed E-state index contributed by atoms with van der Waals surface area (Å²) in [6.07, 6.45) is 3.65. The molecule has 130 valence electrons. The van der Waals surface area contributed by atoms with Gasteiger partial charge in [0.1, 0.15) is 22.1 Å². The molecule has 7 heteroatoms. The summed E-state index contributed by atoms with van der Waals surface area (Å²) in [7, 11) is 0. The summed E-state index contributed by atoms with van der Waals surface area (Å²) in [5.41, 5.74) is 3.98. The zero-order valence-corrected chi connectivity index (χ0v) is 15.9. The van der Waals surface area contributed by atoms with Crippen LogP contribution in [0.2, 0.25) is 5.15 Å². The Labute approximate surface area is 155 Å². The molecule has 0 bridgehead atoms. The largest absolute Gasteiger partial charge is 0.378 e. The number of pyridine rings is 1. The number of ether oxygens (including phenoxy) is 1. The van der Waals surface area contributed by atoms with Crippen LogP contribution in [0.3, 0.4) is 0 Å². The van der Waals surface area contributed by atoms with E-state index < -0.39 is 0 Å². The molecule has 0 N–H and O–H groups in total. The lowest BCUT2D eigenvalue weighted by atomic mass is 9.90. The van der Waals surface area contributed by atoms with Crippen molar-refractivity contribution in [3.05, 3.63) is 22.6 Å². The molecule has 1 aliphatic carbocycles. The maximum Gasteiger partial charge on any atom is 0.150 e. The highest BCUT2D eigenvalue weighted by Gasteiger charge is 2.35. The number of morpholine rings is 1. The minimum atomic E-state index is 0.240. The van der Waals surface area contributed by atoms with Gasteiger partial charge in [-0.25, -0.2) is 15.0 Å². The highest BCUT2D eigenvalue weighted by molar-refractivity contribution is 7.26. The fourth-order valence-electron chi connectivity index (χ4n) is 4.11. The van der Waals surface area contributed by atoms with Gasteiger partial charge in [-0.05, 0) is 29.4 Å². The molecule has 0 amide bonds. The van der Waals surface area contributed by atoms with Crippen LogP contribution < -0.4 is 4.90 Å². The van der Waals surface area contributed by atoms with Gasteiger partial charge in [-0.15, -0.1) is 11.3 Å². The van der Waals surface area contributed by atoms with E-state index in [1.165, 1.54) is 16.5 Å². The maximum absolute atomic E-state index is 6.33. The molecular weight excluding hydrogens is 356 g/mol. The summed E-state index contributed by atoms with van der Waals surface area (Å²) in [6.45, 7) is 7.99. The summed E-state index contributed by atoms with van der Waals surface area (Å²) in [5, 5.41) is 1.70. The minimum Gasteiger partial charge on any atom is -0.378 e. The van der Waals surface area contributed by atoms with Gasteiger partial charge in [-0.3, -0.25) is 0 Å². The summed E-state index contributed by atoms with van der Waals surface area (Å²) >= 11 is 7.94. The zero-order valence-electron chi connectivity index (χ0n) is 14.3. The van der Waals surface area contributed by atoms with Gasteiger partial charge in [-0.2, -0.15) is 0 Å². The third kappa shape index (κ3) is 2.42. The quantitative estimate of drug-likeness (QED) is 0.605. The molecule has 0 spiro atoms. The van der Waals surface area contributed by atoms with Crippen LogP contribution in [-0.4, -0.2) is 41.3 Å². The molecule has 1 aliphatic heterocycles. The Morgan fingerprint density at radius 2 is 1.92 bits per heavy atom. The lowest BCUT2D eigenvalue weighted by Gasteiger charge is -2.29. The van der Waals surface area contributed by atoms with Gasteiger partial charge >= 0.3 is 0 Å². The molecule has 25 heavy (non-hydrogen) atoms. The Balaban J connectivity index is 1.82. The Kier molecular flexibility index (Phi) is 3.46. The van der Waals surface area contributed by atoms with Gasteiger partial charge in [0.2, 0.25) is 0 Å². The summed E-state index contributed by atoms with van der Waals surface area (Å²) in [4.78, 5) is 17.2. The van der Waals surface area contributed by atoms with Crippen molar-refractivity contribution in [3.63, 3.8) is 0 Å². The van der Waals surface area contributed by atoms with E-state index in [1.54, 1.807) is 17.7 Å². The number of nitrogens with zero attached hydrogens (tertiary/aromatic N) is 4. The fraction of sp³-hybridized carbons (Fsp3) is 0.500. The fourth-order valence-corrected chi connectivity index (χ4v) is 5.39. The van der Waals surface area contributed by atoms with Crippen LogP contribution in [0.5, 0.6) is 0 Å². The van der Waals surface area contributed by atoms with E-state index in [0.717, 1.165) is 60.0 Å². The molecule has 2 aliphatic rings. The van der Waals surface area contributed by atoms with Gasteiger partial charge < -0.3 is 9.64 Å². The van der Waals surface area contributed by atoms with Crippen molar-refractivity contribution in [1.29, 1.82) is 0 Å². The van der Waals surface area contributed by atoms with Gasteiger partial charge in [0.05, 0.1) is 23.4 Å². The van der Waals surface area contributed by atoms with E-state index in [0.29, 0.717) is 5.15 Å². The molecule has 0 atom stereocenters. The average molecular weight is 375 g/mol. The number of anilines is 1. The molecule has 1 fully saturated rings. The number of hydrogen-bond acceptors (Lipinski definition) is 6. The van der Waals surface area contributed by atoms with Crippen molar-refractivity contribution in [1.82, 2.24) is 15.0 Å². The van der Waals surface area contributed by atoms with E-state index in [2.05, 4.69) is 28.7 Å². The van der Waals surface area contributed by atoms with Crippen LogP contribution in [0.4, 0.5) is 5.82 Å². The lowest BCUT2D eigenvalue weighted by molar-refractivity contribution is 0.122. The van der Waals surface area contributed by atoms with E-state index in [9.17, 15) is 0 Å². The van der Waals surface area contributed by atoms with Crippen LogP contribution in [0.25, 0.3) is 20.4 Å². The minimum absolute atomic E-state index is 0.240. The second-order valence-electron chi connectivity index (χ2n) is 7.63. The highest BCUT2D eigenvalue weighted by atomic mass is 35.5. The van der Waals surface area contributed by atoms with Crippen LogP contribution in [0, 0.1) is 5.41 Å². The van der Waals surface area contributed by atoms with Gasteiger partial charge in [0.15, 0.2) is 0 Å². The highest BCUT2D eigenvalue weighted by Crippen LogP contribution is 2.47. The first kappa shape index (κ1) is 15.7. The monoisotopic (exact) mass is 374 g/mol. The molecule has 3 aromatic rings. The number of hydrogen-bond donors (Lipinski definition) is 0. The van der Waals surface area contributed by atoms with Crippen molar-refractivity contribution in [3.8, 4) is 0 Å². The van der Waals surface area contributed by atoms with Crippen LogP contribution in [0.1, 0.15) is 25.0 Å². The number of halogens is 1. The van der Waals surface area contributed by atoms with Crippen LogP contribution >= 0.6 is 22.9 Å². The molecule has 0 aromatic carbocycles. The first-order valence-corrected chi connectivity index (χ1v) is 9.80. The first-order chi connectivity index (χ1) is 12.0. The summed E-state index contributed by atoms with van der Waals surface area (Å²) in [6, 6.07) is 0. The summed E-state index contributed by atoms with van der Waals surface area (Å²) < 4.78 is 6.47. The smallest absolute Gasteiger partial charge is 0.150 e. The Bertz CT molecular complexity index is 994. The third-order valence-electron chi connectivity index (χ3n) is 5.17. The molecule has 5 rings (SSSR count). The van der Waals surface area contributed by atoms with Gasteiger partial charge in [0.25, 0.3) is 0 Å². The second-order valence-corrected chi connectivity index (χ2v) is 8.99. The van der Waals surface area contributed by atoms with Gasteiger partial charge in [0, 0.05) is 18.5 Å². The van der Waals surface area contributed by atoms with E-state index in [4.69, 9.17) is 21.3 Å². The number of rotatable bonds is 1. The van der Waals surface area contributed by atoms with E-state index >= 15 is 0 Å². The molecule has 1 saturated heterocycles. The van der Waals surface area contributed by atoms with Crippen molar-refractivity contribution < 1.29 is 4.74 Å². The van der Waals surface area contributed by atoms with Crippen molar-refractivity contribution in [2.45, 2.75) is 26.7 Å². The molecule has 0 unspecified atom stereocenters. The lowest BCUT2D eigenvalue weighted by Crippen LogP contribution is -2.37. The second kappa shape index (κ2) is 5.50. The predicted molar refractivity (Wildman–Crippen MR) is 102 cm³/mol. The predicted octanol–water partition coefficient (Wildman–Crippen LogP) is 3.85. The Morgan fingerprint density at radius 1 is 1.16 bits per heavy atom. The van der Waals surface area contributed by atoms with Crippen molar-refractivity contribution >= 4 is 49.2 Å². The number of fused-ring (bicyclic) bond motifs is 5. The SMILES string of the molecule is CC1(C)Cc2c(N3CCOCC3)nc3sc4c(Cl)ncnc4c3c2C1. The average Bonchev–Trinajstić information content (AvgIpc) is 3.12. The Morgan fingerprint density at radius 3 is 2.72 bits per heavy atom. The molecule has 0 radical (unpaired) electrons. The number of aromatic nitrogens is 3. The topological polar surface area (TPSA) is 51.1 Å². The Hall–Kier alpha value is -1.50. The molecule has 3 aromatic heterocycles. The summed E-state index contributed by atoms with van der Waals surface area (Å²) in [5.74, 6) is 1.13. The van der Waals surface area contributed by atoms with Crippen LogP contribution in [0.15, 0.2) is 6.33 Å². The van der Waals surface area contributed by atoms with E-state index in [-0.39, 0.29) is 5.41 Å². The molecule has 0 saturated carbocycles. The third-order valence-corrected chi connectivity index (χ3v) is 6.65. The van der Waals surface area contributed by atoms with Crippen molar-refractivity contribution in [2.24, 2.45) is 5.41 Å². The first-order valence-electron chi connectivity index (χ1n) is 8.61.